The van der Waals surface area contributed by atoms with Gasteiger partial charge in [-0.25, -0.2) is 4.39 Å². The second-order valence-electron chi connectivity index (χ2n) is 5.51. The molecule has 1 aliphatic rings. The molecule has 1 atom stereocenters. The molecule has 2 aromatic carbocycles. The van der Waals surface area contributed by atoms with Gasteiger partial charge >= 0.3 is 0 Å². The number of hydrogen-bond acceptors (Lipinski definition) is 4. The van der Waals surface area contributed by atoms with Crippen LogP contribution in [0.3, 0.4) is 0 Å². The first-order valence-electron chi connectivity index (χ1n) is 7.61. The molecule has 0 saturated carbocycles. The molecule has 1 saturated heterocycles. The number of nitrogens with zero attached hydrogens (tertiary/aromatic N) is 1. The van der Waals surface area contributed by atoms with Gasteiger partial charge in [0.1, 0.15) is 23.9 Å². The first kappa shape index (κ1) is 17.5. The van der Waals surface area contributed by atoms with Crippen LogP contribution in [0.15, 0.2) is 36.4 Å². The number of carbonyl (C=O) groups excluding carboxylic acids is 1. The van der Waals surface area contributed by atoms with Crippen LogP contribution in [0.1, 0.15) is 17.4 Å². The van der Waals surface area contributed by atoms with Crippen molar-refractivity contribution in [2.45, 2.75) is 12.8 Å². The summed E-state index contributed by atoms with van der Waals surface area (Å²) in [4.78, 5) is 13.9. The van der Waals surface area contributed by atoms with Crippen LogP contribution < -0.4 is 9.47 Å². The average Bonchev–Trinajstić information content (AvgIpc) is 2.97. The molecule has 1 fully saturated rings. The number of methoxy groups -OCH3 is 2. The fourth-order valence-electron chi connectivity index (χ4n) is 2.82. The molecule has 0 aliphatic carbocycles. The van der Waals surface area contributed by atoms with Crippen molar-refractivity contribution in [2.24, 2.45) is 0 Å². The fraction of sp³-hybridized carbons (Fsp3) is 0.278. The highest BCUT2D eigenvalue weighted by Gasteiger charge is 2.37. The summed E-state index contributed by atoms with van der Waals surface area (Å²) in [5, 5.41) is 0.0106. The number of carbonyl (C=O) groups is 1. The van der Waals surface area contributed by atoms with Crippen LogP contribution in [0.4, 0.5) is 4.39 Å². The Morgan fingerprint density at radius 1 is 1.24 bits per heavy atom. The highest BCUT2D eigenvalue weighted by molar-refractivity contribution is 6.30. The molecule has 1 amide bonds. The van der Waals surface area contributed by atoms with Crippen molar-refractivity contribution in [1.29, 1.82) is 0 Å². The molecule has 5 nitrogen and oxygen atoms in total. The number of ether oxygens (including phenoxy) is 3. The van der Waals surface area contributed by atoms with Gasteiger partial charge < -0.3 is 19.1 Å². The van der Waals surface area contributed by atoms with Gasteiger partial charge in [0.25, 0.3) is 5.91 Å². The van der Waals surface area contributed by atoms with Gasteiger partial charge in [-0.05, 0) is 29.8 Å². The minimum atomic E-state index is -0.664. The van der Waals surface area contributed by atoms with Crippen molar-refractivity contribution in [1.82, 2.24) is 4.90 Å². The van der Waals surface area contributed by atoms with E-state index in [1.807, 2.05) is 0 Å². The van der Waals surface area contributed by atoms with E-state index in [2.05, 4.69) is 0 Å². The third-order valence-electron chi connectivity index (χ3n) is 4.02. The van der Waals surface area contributed by atoms with E-state index in [4.69, 9.17) is 25.8 Å². The zero-order chi connectivity index (χ0) is 18.0. The van der Waals surface area contributed by atoms with Crippen molar-refractivity contribution in [3.8, 4) is 11.5 Å². The Labute approximate surface area is 149 Å². The van der Waals surface area contributed by atoms with Crippen molar-refractivity contribution < 1.29 is 23.4 Å². The largest absolute Gasteiger partial charge is 0.496 e. The lowest BCUT2D eigenvalue weighted by atomic mass is 10.1. The lowest BCUT2D eigenvalue weighted by molar-refractivity contribution is -0.128. The summed E-state index contributed by atoms with van der Waals surface area (Å²) < 4.78 is 29.8. The van der Waals surface area contributed by atoms with E-state index in [-0.39, 0.29) is 24.1 Å². The number of hydrogen-bond donors (Lipinski definition) is 0. The van der Waals surface area contributed by atoms with E-state index in [0.717, 1.165) is 0 Å². The monoisotopic (exact) mass is 365 g/mol. The Bertz CT molecular complexity index is 776. The second kappa shape index (κ2) is 7.29. The van der Waals surface area contributed by atoms with Gasteiger partial charge in [0.05, 0.1) is 24.8 Å². The lowest BCUT2D eigenvalue weighted by Crippen LogP contribution is -2.28. The molecule has 0 bridgehead atoms. The van der Waals surface area contributed by atoms with Crippen LogP contribution in [0.5, 0.6) is 11.5 Å². The first-order valence-corrected chi connectivity index (χ1v) is 7.99. The summed E-state index contributed by atoms with van der Waals surface area (Å²) in [5.74, 6) is 0.429. The Morgan fingerprint density at radius 2 is 1.92 bits per heavy atom. The molecule has 7 heteroatoms. The molecular weight excluding hydrogens is 349 g/mol. The molecule has 2 aromatic rings. The molecule has 1 aliphatic heterocycles. The van der Waals surface area contributed by atoms with Crippen LogP contribution >= 0.6 is 11.6 Å². The van der Waals surface area contributed by atoms with Gasteiger partial charge in [0, 0.05) is 6.54 Å². The summed E-state index contributed by atoms with van der Waals surface area (Å²) in [7, 11) is 3.08. The SMILES string of the molecule is COc1cccc(OC)c1C1OCC(=O)N1Cc1ccc(F)c(Cl)c1. The molecule has 25 heavy (non-hydrogen) atoms. The van der Waals surface area contributed by atoms with E-state index in [1.54, 1.807) is 43.4 Å². The third kappa shape index (κ3) is 3.41. The van der Waals surface area contributed by atoms with Crippen molar-refractivity contribution >= 4 is 17.5 Å². The topological polar surface area (TPSA) is 48.0 Å². The summed E-state index contributed by atoms with van der Waals surface area (Å²) in [6, 6.07) is 9.70. The highest BCUT2D eigenvalue weighted by Crippen LogP contribution is 2.40. The maximum Gasteiger partial charge on any atom is 0.251 e. The Balaban J connectivity index is 1.96. The molecule has 0 aromatic heterocycles. The maximum absolute atomic E-state index is 13.4. The predicted octanol–water partition coefficient (Wildman–Crippen LogP) is 3.55. The predicted molar refractivity (Wildman–Crippen MR) is 90.2 cm³/mol. The molecule has 3 rings (SSSR count). The normalized spacial score (nSPS) is 17.0. The summed E-state index contributed by atoms with van der Waals surface area (Å²) in [5.41, 5.74) is 1.33. The Morgan fingerprint density at radius 3 is 2.52 bits per heavy atom. The molecule has 0 radical (unpaired) electrons. The van der Waals surface area contributed by atoms with Crippen LogP contribution in [0.25, 0.3) is 0 Å². The first-order chi connectivity index (χ1) is 12.0. The van der Waals surface area contributed by atoms with E-state index in [1.165, 1.54) is 12.1 Å². The summed E-state index contributed by atoms with van der Waals surface area (Å²) >= 11 is 5.83. The van der Waals surface area contributed by atoms with Gasteiger partial charge in [-0.15, -0.1) is 0 Å². The molecule has 1 heterocycles. The molecule has 0 N–H and O–H groups in total. The number of rotatable bonds is 5. The molecule has 132 valence electrons. The minimum Gasteiger partial charge on any atom is -0.496 e. The number of amides is 1. The van der Waals surface area contributed by atoms with Gasteiger partial charge in [0.15, 0.2) is 6.23 Å². The van der Waals surface area contributed by atoms with Crippen molar-refractivity contribution in [3.63, 3.8) is 0 Å². The molecule has 0 spiro atoms. The quantitative estimate of drug-likeness (QED) is 0.813. The minimum absolute atomic E-state index is 0.0106. The van der Waals surface area contributed by atoms with E-state index >= 15 is 0 Å². The second-order valence-corrected chi connectivity index (χ2v) is 5.92. The van der Waals surface area contributed by atoms with Crippen LogP contribution in [-0.2, 0) is 16.1 Å². The fourth-order valence-corrected chi connectivity index (χ4v) is 3.03. The van der Waals surface area contributed by atoms with Gasteiger partial charge in [-0.3, -0.25) is 4.79 Å². The van der Waals surface area contributed by atoms with E-state index in [0.29, 0.717) is 22.6 Å². The van der Waals surface area contributed by atoms with Gasteiger partial charge in [0.2, 0.25) is 0 Å². The zero-order valence-electron chi connectivity index (χ0n) is 13.8. The smallest absolute Gasteiger partial charge is 0.251 e. The van der Waals surface area contributed by atoms with E-state index in [9.17, 15) is 9.18 Å². The Hall–Kier alpha value is -2.31. The average molecular weight is 366 g/mol. The Kier molecular flexibility index (Phi) is 5.11. The lowest BCUT2D eigenvalue weighted by Gasteiger charge is -2.26. The van der Waals surface area contributed by atoms with Crippen molar-refractivity contribution in [3.05, 3.63) is 58.4 Å². The standard InChI is InChI=1S/C18H17ClFNO4/c1-23-14-4-3-5-15(24-2)17(14)18-21(16(22)10-25-18)9-11-6-7-13(20)12(19)8-11/h3-8,18H,9-10H2,1-2H3. The van der Waals surface area contributed by atoms with Crippen LogP contribution in [0.2, 0.25) is 5.02 Å². The summed E-state index contributed by atoms with van der Waals surface area (Å²) in [6.07, 6.45) is -0.664. The third-order valence-corrected chi connectivity index (χ3v) is 4.31. The van der Waals surface area contributed by atoms with E-state index < -0.39 is 12.0 Å². The maximum atomic E-state index is 13.4. The highest BCUT2D eigenvalue weighted by atomic mass is 35.5. The van der Waals surface area contributed by atoms with Gasteiger partial charge in [-0.1, -0.05) is 23.7 Å². The van der Waals surface area contributed by atoms with Crippen molar-refractivity contribution in [2.75, 3.05) is 20.8 Å². The number of benzene rings is 2. The van der Waals surface area contributed by atoms with Crippen LogP contribution in [0, 0.1) is 5.82 Å². The molecular formula is C18H17ClFNO4. The summed E-state index contributed by atoms with van der Waals surface area (Å²) in [6.45, 7) is 0.172. The zero-order valence-corrected chi connectivity index (χ0v) is 14.5. The number of halogens is 2. The molecule has 1 unspecified atom stereocenters. The van der Waals surface area contributed by atoms with Gasteiger partial charge in [-0.2, -0.15) is 0 Å². The van der Waals surface area contributed by atoms with Crippen LogP contribution in [-0.4, -0.2) is 31.6 Å².